The summed E-state index contributed by atoms with van der Waals surface area (Å²) in [6, 6.07) is 18.4. The van der Waals surface area contributed by atoms with E-state index in [1.54, 1.807) is 6.20 Å². The van der Waals surface area contributed by atoms with Crippen LogP contribution in [0.4, 0.5) is 17.3 Å². The van der Waals surface area contributed by atoms with Gasteiger partial charge in [0, 0.05) is 80.5 Å². The van der Waals surface area contributed by atoms with Gasteiger partial charge in [-0.1, -0.05) is 12.1 Å². The van der Waals surface area contributed by atoms with Gasteiger partial charge in [-0.05, 0) is 42.5 Å². The van der Waals surface area contributed by atoms with Crippen molar-refractivity contribution < 1.29 is 9.47 Å². The van der Waals surface area contributed by atoms with Crippen LogP contribution in [-0.2, 0) is 4.74 Å². The van der Waals surface area contributed by atoms with Gasteiger partial charge < -0.3 is 25.0 Å². The number of hydrogen-bond acceptors (Lipinski definition) is 9. The fourth-order valence-electron chi connectivity index (χ4n) is 4.89. The van der Waals surface area contributed by atoms with Crippen LogP contribution in [0.3, 0.4) is 0 Å². The lowest BCUT2D eigenvalue weighted by Crippen LogP contribution is -2.43. The predicted octanol–water partition coefficient (Wildman–Crippen LogP) is 3.56. The molecule has 2 fully saturated rings. The Kier molecular flexibility index (Phi) is 7.57. The Hall–Kier alpha value is -3.79. The fraction of sp³-hybridized carbons (Fsp3) is 0.345. The summed E-state index contributed by atoms with van der Waals surface area (Å²) in [6.07, 6.45) is 3.64. The van der Waals surface area contributed by atoms with E-state index in [1.807, 2.05) is 36.5 Å². The number of ether oxygens (including phenoxy) is 2. The Morgan fingerprint density at radius 2 is 1.79 bits per heavy atom. The van der Waals surface area contributed by atoms with Crippen molar-refractivity contribution in [2.75, 3.05) is 75.9 Å². The minimum atomic E-state index is 0.541. The topological polar surface area (TPSA) is 87.7 Å². The molecule has 0 saturated carbocycles. The normalized spacial score (nSPS) is 16.5. The lowest BCUT2D eigenvalue weighted by atomic mass is 10.1. The van der Waals surface area contributed by atoms with Crippen molar-refractivity contribution in [3.05, 3.63) is 67.0 Å². The van der Waals surface area contributed by atoms with Crippen LogP contribution >= 0.6 is 0 Å². The average Bonchev–Trinajstić information content (AvgIpc) is 2.98. The summed E-state index contributed by atoms with van der Waals surface area (Å²) in [7, 11) is 0. The van der Waals surface area contributed by atoms with Gasteiger partial charge in [-0.2, -0.15) is 0 Å². The third-order valence-corrected chi connectivity index (χ3v) is 6.99. The van der Waals surface area contributed by atoms with Crippen LogP contribution in [0.2, 0.25) is 0 Å². The molecule has 4 aromatic rings. The Morgan fingerprint density at radius 3 is 2.63 bits per heavy atom. The summed E-state index contributed by atoms with van der Waals surface area (Å²) in [5.74, 6) is 1.37. The van der Waals surface area contributed by atoms with Crippen LogP contribution in [0.25, 0.3) is 22.2 Å². The van der Waals surface area contributed by atoms with E-state index in [0.29, 0.717) is 12.6 Å². The Labute approximate surface area is 222 Å². The van der Waals surface area contributed by atoms with Gasteiger partial charge in [0.25, 0.3) is 0 Å². The van der Waals surface area contributed by atoms with Crippen molar-refractivity contribution in [3.63, 3.8) is 0 Å². The molecule has 2 aliphatic heterocycles. The van der Waals surface area contributed by atoms with Gasteiger partial charge in [0.2, 0.25) is 5.95 Å². The van der Waals surface area contributed by atoms with Crippen molar-refractivity contribution in [2.24, 2.45) is 0 Å². The van der Waals surface area contributed by atoms with Crippen molar-refractivity contribution in [1.29, 1.82) is 0 Å². The molecule has 196 valence electrons. The second kappa shape index (κ2) is 11.7. The van der Waals surface area contributed by atoms with Crippen LogP contribution in [0.5, 0.6) is 5.75 Å². The average molecular weight is 512 g/mol. The maximum absolute atomic E-state index is 6.08. The molecular weight excluding hydrogens is 478 g/mol. The summed E-state index contributed by atoms with van der Waals surface area (Å²) in [6.45, 7) is 9.11. The minimum Gasteiger partial charge on any atom is -0.492 e. The number of benzene rings is 2. The summed E-state index contributed by atoms with van der Waals surface area (Å²) in [5.41, 5.74) is 4.75. The van der Waals surface area contributed by atoms with Crippen LogP contribution < -0.4 is 20.3 Å². The third-order valence-electron chi connectivity index (χ3n) is 6.99. The van der Waals surface area contributed by atoms with Crippen LogP contribution in [0.15, 0.2) is 67.0 Å². The van der Waals surface area contributed by atoms with E-state index in [1.165, 1.54) is 5.69 Å². The number of nitrogens with one attached hydrogen (secondary N) is 2. The maximum Gasteiger partial charge on any atom is 0.227 e. The van der Waals surface area contributed by atoms with Gasteiger partial charge in [0.05, 0.1) is 18.9 Å². The molecule has 9 heteroatoms. The summed E-state index contributed by atoms with van der Waals surface area (Å²) in [5, 5.41) is 7.69. The quantitative estimate of drug-likeness (QED) is 0.369. The number of anilines is 3. The van der Waals surface area contributed by atoms with E-state index in [9.17, 15) is 0 Å². The zero-order valence-electron chi connectivity index (χ0n) is 21.5. The molecular formula is C29H33N7O2. The number of fused-ring (bicyclic) bond motifs is 1. The highest BCUT2D eigenvalue weighted by Crippen LogP contribution is 2.29. The molecule has 2 aliphatic rings. The first-order chi connectivity index (χ1) is 18.8. The standard InChI is InChI=1S/C29H33N7O2/c1-2-22(20-26(3-1)38-19-16-35-14-17-37-18-15-35)27-28-23(8-9-31-27)21-32-29(34-28)33-24-4-6-25(7-5-24)36-12-10-30-11-13-36/h1-9,20-21,30H,10-19H2,(H,32,33,34). The number of pyridine rings is 1. The highest BCUT2D eigenvalue weighted by Gasteiger charge is 2.13. The smallest absolute Gasteiger partial charge is 0.227 e. The molecule has 0 amide bonds. The summed E-state index contributed by atoms with van der Waals surface area (Å²) < 4.78 is 11.5. The molecule has 2 aromatic carbocycles. The van der Waals surface area contributed by atoms with Crippen LogP contribution in [0, 0.1) is 0 Å². The number of piperazine rings is 1. The first-order valence-electron chi connectivity index (χ1n) is 13.3. The van der Waals surface area contributed by atoms with Gasteiger partial charge in [0.1, 0.15) is 17.9 Å². The molecule has 2 saturated heterocycles. The third kappa shape index (κ3) is 5.85. The van der Waals surface area contributed by atoms with Gasteiger partial charge in [-0.15, -0.1) is 0 Å². The zero-order chi connectivity index (χ0) is 25.6. The van der Waals surface area contributed by atoms with Crippen molar-refractivity contribution in [2.45, 2.75) is 0 Å². The zero-order valence-corrected chi connectivity index (χ0v) is 21.5. The molecule has 2 N–H and O–H groups in total. The maximum atomic E-state index is 6.08. The first-order valence-corrected chi connectivity index (χ1v) is 13.3. The summed E-state index contributed by atoms with van der Waals surface area (Å²) in [4.78, 5) is 18.8. The molecule has 0 bridgehead atoms. The number of morpholine rings is 1. The molecule has 4 heterocycles. The number of nitrogens with zero attached hydrogens (tertiary/aromatic N) is 5. The molecule has 0 radical (unpaired) electrons. The molecule has 0 spiro atoms. The van der Waals surface area contributed by atoms with Gasteiger partial charge >= 0.3 is 0 Å². The molecule has 0 atom stereocenters. The number of rotatable bonds is 8. The van der Waals surface area contributed by atoms with Crippen molar-refractivity contribution in [3.8, 4) is 17.0 Å². The monoisotopic (exact) mass is 511 g/mol. The summed E-state index contributed by atoms with van der Waals surface area (Å²) >= 11 is 0. The Morgan fingerprint density at radius 1 is 0.947 bits per heavy atom. The Balaban J connectivity index is 1.17. The number of aromatic nitrogens is 3. The molecule has 0 aliphatic carbocycles. The first kappa shape index (κ1) is 24.5. The van der Waals surface area contributed by atoms with Crippen LogP contribution in [0.1, 0.15) is 0 Å². The SMILES string of the molecule is c1cc(OCCN2CCOCC2)cc(-c2nccc3cnc(Nc4ccc(N5CCNCC5)cc4)nc23)c1. The number of hydrogen-bond donors (Lipinski definition) is 2. The molecule has 0 unspecified atom stereocenters. The molecule has 38 heavy (non-hydrogen) atoms. The largest absolute Gasteiger partial charge is 0.492 e. The van der Waals surface area contributed by atoms with Crippen molar-refractivity contribution in [1.82, 2.24) is 25.2 Å². The van der Waals surface area contributed by atoms with E-state index >= 15 is 0 Å². The lowest BCUT2D eigenvalue weighted by Gasteiger charge is -2.29. The second-order valence-corrected chi connectivity index (χ2v) is 9.53. The highest BCUT2D eigenvalue weighted by molar-refractivity contribution is 5.91. The van der Waals surface area contributed by atoms with E-state index < -0.39 is 0 Å². The van der Waals surface area contributed by atoms with Gasteiger partial charge in [-0.25, -0.2) is 9.97 Å². The van der Waals surface area contributed by atoms with Crippen LogP contribution in [-0.4, -0.2) is 85.5 Å². The fourth-order valence-corrected chi connectivity index (χ4v) is 4.89. The van der Waals surface area contributed by atoms with E-state index in [2.05, 4.69) is 54.7 Å². The Bertz CT molecular complexity index is 1350. The van der Waals surface area contributed by atoms with E-state index in [4.69, 9.17) is 14.5 Å². The molecule has 6 rings (SSSR count). The molecule has 9 nitrogen and oxygen atoms in total. The van der Waals surface area contributed by atoms with E-state index in [-0.39, 0.29) is 0 Å². The highest BCUT2D eigenvalue weighted by atomic mass is 16.5. The van der Waals surface area contributed by atoms with Gasteiger partial charge in [0.15, 0.2) is 0 Å². The predicted molar refractivity (Wildman–Crippen MR) is 150 cm³/mol. The van der Waals surface area contributed by atoms with Gasteiger partial charge in [-0.3, -0.25) is 9.88 Å². The minimum absolute atomic E-state index is 0.541. The van der Waals surface area contributed by atoms with Crippen molar-refractivity contribution >= 4 is 28.2 Å². The van der Waals surface area contributed by atoms with E-state index in [0.717, 1.165) is 92.6 Å². The second-order valence-electron chi connectivity index (χ2n) is 9.53. The molecule has 2 aromatic heterocycles. The lowest BCUT2D eigenvalue weighted by molar-refractivity contribution is 0.0322.